The highest BCUT2D eigenvalue weighted by molar-refractivity contribution is 7.91. The number of hydrogen-bond donors (Lipinski definition) is 4. The van der Waals surface area contributed by atoms with Crippen molar-refractivity contribution in [3.63, 3.8) is 0 Å². The van der Waals surface area contributed by atoms with Gasteiger partial charge in [-0.2, -0.15) is 0 Å². The summed E-state index contributed by atoms with van der Waals surface area (Å²) in [6.07, 6.45) is -0.984. The number of amides is 3. The first-order valence-electron chi connectivity index (χ1n) is 14.2. The van der Waals surface area contributed by atoms with Crippen molar-refractivity contribution in [1.29, 1.82) is 0 Å². The van der Waals surface area contributed by atoms with Crippen LogP contribution >= 0.6 is 0 Å². The van der Waals surface area contributed by atoms with Crippen LogP contribution in [0.3, 0.4) is 0 Å². The molecule has 16 heteroatoms. The lowest BCUT2D eigenvalue weighted by Crippen LogP contribution is -2.40. The first-order valence-corrected chi connectivity index (χ1v) is 15.8. The third-order valence-electron chi connectivity index (χ3n) is 7.78. The first-order chi connectivity index (χ1) is 22.2. The Morgan fingerprint density at radius 1 is 1.04 bits per heavy atom. The third kappa shape index (κ3) is 7.27. The second-order valence-electron chi connectivity index (χ2n) is 10.5. The van der Waals surface area contributed by atoms with E-state index in [-0.39, 0.29) is 57.4 Å². The standard InChI is InChI=1S/C31H32F2N4O9S/c1-4-47(43,44)25-10-7-18(35-31(42)46-3)15-20(25)27-19(30(40)41)11-12-37(27)29(39)26(16-5-9-22(33)24(14-16)45-2)36-23-13-17(28(34)38)6-8-21(23)32/h5-10,13-15,19,26-27,36H,4,11-12H2,1-3H3,(H2,34,38)(H,35,42)(H,40,41)/t19?,26-,27?/m0/s1. The van der Waals surface area contributed by atoms with Crippen LogP contribution in [-0.4, -0.2) is 68.8 Å². The zero-order chi connectivity index (χ0) is 34.6. The van der Waals surface area contributed by atoms with Gasteiger partial charge in [-0.25, -0.2) is 22.0 Å². The monoisotopic (exact) mass is 674 g/mol. The molecule has 13 nitrogen and oxygen atoms in total. The number of halogens is 2. The molecular weight excluding hydrogens is 642 g/mol. The van der Waals surface area contributed by atoms with Crippen molar-refractivity contribution in [3.05, 3.63) is 82.9 Å². The molecule has 0 spiro atoms. The highest BCUT2D eigenvalue weighted by Gasteiger charge is 2.46. The Kier molecular flexibility index (Phi) is 10.3. The number of carboxylic acid groups (broad SMARTS) is 1. The number of hydrogen-bond acceptors (Lipinski definition) is 9. The summed E-state index contributed by atoms with van der Waals surface area (Å²) in [5.74, 6) is -6.62. The summed E-state index contributed by atoms with van der Waals surface area (Å²) in [5.41, 5.74) is 4.99. The van der Waals surface area contributed by atoms with E-state index < -0.39 is 63.4 Å². The number of sulfone groups is 1. The first kappa shape index (κ1) is 34.6. The number of carbonyl (C=O) groups is 4. The molecular formula is C31H32F2N4O9S. The SMILES string of the molecule is CCS(=O)(=O)c1ccc(NC(=O)OC)cc1C1C(C(=O)O)CCN1C(=O)[C@@H](Nc1cc(C(N)=O)ccc1F)c1ccc(F)c(OC)c1. The molecule has 3 aromatic carbocycles. The van der Waals surface area contributed by atoms with Crippen molar-refractivity contribution in [2.75, 3.05) is 37.2 Å². The highest BCUT2D eigenvalue weighted by Crippen LogP contribution is 2.43. The number of nitrogens with two attached hydrogens (primary N) is 1. The number of ether oxygens (including phenoxy) is 2. The Morgan fingerprint density at radius 3 is 2.36 bits per heavy atom. The summed E-state index contributed by atoms with van der Waals surface area (Å²) in [6.45, 7) is 1.21. The number of rotatable bonds is 11. The van der Waals surface area contributed by atoms with Gasteiger partial charge in [0.05, 0.1) is 42.5 Å². The number of carbonyl (C=O) groups excluding carboxylic acids is 3. The molecule has 1 saturated heterocycles. The van der Waals surface area contributed by atoms with Gasteiger partial charge >= 0.3 is 12.1 Å². The Hall–Kier alpha value is -5.25. The zero-order valence-corrected chi connectivity index (χ0v) is 26.3. The lowest BCUT2D eigenvalue weighted by atomic mass is 9.92. The van der Waals surface area contributed by atoms with Crippen LogP contribution in [-0.2, 0) is 24.2 Å². The van der Waals surface area contributed by atoms with Crippen molar-refractivity contribution >= 4 is 45.1 Å². The Morgan fingerprint density at radius 2 is 1.74 bits per heavy atom. The maximum atomic E-state index is 15.1. The second kappa shape index (κ2) is 14.0. The van der Waals surface area contributed by atoms with Gasteiger partial charge in [0, 0.05) is 17.8 Å². The molecule has 0 aliphatic carbocycles. The van der Waals surface area contributed by atoms with E-state index in [4.69, 9.17) is 10.5 Å². The highest BCUT2D eigenvalue weighted by atomic mass is 32.2. The van der Waals surface area contributed by atoms with Gasteiger partial charge in [-0.3, -0.25) is 19.7 Å². The lowest BCUT2D eigenvalue weighted by Gasteiger charge is -2.33. The quantitative estimate of drug-likeness (QED) is 0.232. The average Bonchev–Trinajstić information content (AvgIpc) is 3.50. The molecule has 5 N–H and O–H groups in total. The maximum Gasteiger partial charge on any atom is 0.411 e. The average molecular weight is 675 g/mol. The molecule has 4 rings (SSSR count). The third-order valence-corrected chi connectivity index (χ3v) is 9.58. The zero-order valence-electron chi connectivity index (χ0n) is 25.5. The normalized spacial score (nSPS) is 16.7. The van der Waals surface area contributed by atoms with E-state index in [0.29, 0.717) is 0 Å². The van der Waals surface area contributed by atoms with E-state index in [1.165, 1.54) is 44.4 Å². The number of aliphatic carboxylic acids is 1. The van der Waals surface area contributed by atoms with Crippen LogP contribution in [0.15, 0.2) is 59.5 Å². The fraction of sp³-hybridized carbons (Fsp3) is 0.290. The molecule has 0 aromatic heterocycles. The molecule has 2 unspecified atom stereocenters. The summed E-state index contributed by atoms with van der Waals surface area (Å²) in [4.78, 5) is 51.8. The van der Waals surface area contributed by atoms with E-state index in [0.717, 1.165) is 36.3 Å². The summed E-state index contributed by atoms with van der Waals surface area (Å²) in [5, 5.41) is 15.4. The molecule has 1 aliphatic heterocycles. The van der Waals surface area contributed by atoms with Crippen molar-refractivity contribution in [2.45, 2.75) is 30.3 Å². The number of likely N-dealkylation sites (tertiary alicyclic amines) is 1. The molecule has 3 atom stereocenters. The summed E-state index contributed by atoms with van der Waals surface area (Å²) in [6, 6.07) is 7.42. The molecule has 47 heavy (non-hydrogen) atoms. The van der Waals surface area contributed by atoms with Crippen LogP contribution in [0.4, 0.5) is 25.0 Å². The van der Waals surface area contributed by atoms with E-state index >= 15 is 4.39 Å². The predicted octanol–water partition coefficient (Wildman–Crippen LogP) is 3.87. The van der Waals surface area contributed by atoms with Crippen molar-refractivity contribution < 1.29 is 51.0 Å². The van der Waals surface area contributed by atoms with Gasteiger partial charge < -0.3 is 30.5 Å². The fourth-order valence-electron chi connectivity index (χ4n) is 5.40. The summed E-state index contributed by atoms with van der Waals surface area (Å²) < 4.78 is 65.7. The van der Waals surface area contributed by atoms with Crippen LogP contribution in [0.2, 0.25) is 0 Å². The van der Waals surface area contributed by atoms with Crippen LogP contribution in [0.1, 0.15) is 46.9 Å². The maximum absolute atomic E-state index is 15.1. The molecule has 0 radical (unpaired) electrons. The van der Waals surface area contributed by atoms with Crippen molar-refractivity contribution in [3.8, 4) is 5.75 Å². The number of anilines is 2. The smallest absolute Gasteiger partial charge is 0.411 e. The predicted molar refractivity (Wildman–Crippen MR) is 165 cm³/mol. The largest absolute Gasteiger partial charge is 0.494 e. The van der Waals surface area contributed by atoms with E-state index in [1.807, 2.05) is 0 Å². The molecule has 3 aromatic rings. The molecule has 0 saturated carbocycles. The molecule has 0 bridgehead atoms. The molecule has 250 valence electrons. The number of nitrogens with one attached hydrogen (secondary N) is 2. The van der Waals surface area contributed by atoms with Crippen LogP contribution < -0.4 is 21.1 Å². The minimum absolute atomic E-state index is 0.0635. The minimum atomic E-state index is -4.01. The molecule has 1 heterocycles. The van der Waals surface area contributed by atoms with Crippen LogP contribution in [0.25, 0.3) is 0 Å². The number of primary amides is 1. The summed E-state index contributed by atoms with van der Waals surface area (Å²) >= 11 is 0. The Labute approximate surface area is 268 Å². The topological polar surface area (TPSA) is 194 Å². The van der Waals surface area contributed by atoms with Gasteiger partial charge in [-0.15, -0.1) is 0 Å². The van der Waals surface area contributed by atoms with Gasteiger partial charge in [-0.05, 0) is 66.1 Å². The fourth-order valence-corrected chi connectivity index (χ4v) is 6.53. The number of nitrogens with zero attached hydrogens (tertiary/aromatic N) is 1. The molecule has 1 fully saturated rings. The van der Waals surface area contributed by atoms with Crippen LogP contribution in [0.5, 0.6) is 5.75 Å². The van der Waals surface area contributed by atoms with Crippen LogP contribution in [0, 0.1) is 17.6 Å². The van der Waals surface area contributed by atoms with E-state index in [9.17, 15) is 37.1 Å². The second-order valence-corrected chi connectivity index (χ2v) is 12.8. The van der Waals surface area contributed by atoms with Gasteiger partial charge in [0.15, 0.2) is 21.4 Å². The van der Waals surface area contributed by atoms with Gasteiger partial charge in [0.2, 0.25) is 11.8 Å². The van der Waals surface area contributed by atoms with E-state index in [2.05, 4.69) is 15.4 Å². The Balaban J connectivity index is 1.92. The minimum Gasteiger partial charge on any atom is -0.494 e. The number of carboxylic acids is 1. The molecule has 3 amide bonds. The summed E-state index contributed by atoms with van der Waals surface area (Å²) in [7, 11) is -1.70. The molecule has 1 aliphatic rings. The van der Waals surface area contributed by atoms with Crippen molar-refractivity contribution in [1.82, 2.24) is 4.90 Å². The lowest BCUT2D eigenvalue weighted by molar-refractivity contribution is -0.143. The van der Waals surface area contributed by atoms with Crippen molar-refractivity contribution in [2.24, 2.45) is 11.7 Å². The number of benzene rings is 3. The van der Waals surface area contributed by atoms with Gasteiger partial charge in [0.1, 0.15) is 11.9 Å². The van der Waals surface area contributed by atoms with Gasteiger partial charge in [-0.1, -0.05) is 13.0 Å². The van der Waals surface area contributed by atoms with Gasteiger partial charge in [0.25, 0.3) is 0 Å². The number of methoxy groups -OCH3 is 2. The van der Waals surface area contributed by atoms with E-state index in [1.54, 1.807) is 0 Å². The Bertz CT molecular complexity index is 1840.